The Kier molecular flexibility index (Phi) is 4.21. The van der Waals surface area contributed by atoms with E-state index in [1.54, 1.807) is 45.0 Å². The van der Waals surface area contributed by atoms with E-state index in [9.17, 15) is 19.5 Å². The smallest absolute Gasteiger partial charge is 0.312 e. The molecule has 6 heteroatoms. The van der Waals surface area contributed by atoms with Crippen molar-refractivity contribution in [2.75, 3.05) is 18.0 Å². The van der Waals surface area contributed by atoms with Gasteiger partial charge in [0.1, 0.15) is 5.92 Å². The maximum atomic E-state index is 12.3. The lowest BCUT2D eigenvalue weighted by molar-refractivity contribution is -0.138. The average Bonchev–Trinajstić information content (AvgIpc) is 2.83. The summed E-state index contributed by atoms with van der Waals surface area (Å²) < 4.78 is 0. The van der Waals surface area contributed by atoms with Crippen LogP contribution in [0.1, 0.15) is 32.3 Å². The summed E-state index contributed by atoms with van der Waals surface area (Å²) in [5, 5.41) is 11.9. The average molecular weight is 304 g/mol. The molecule has 2 amide bonds. The minimum absolute atomic E-state index is 0.0961. The van der Waals surface area contributed by atoms with Crippen molar-refractivity contribution in [3.63, 3.8) is 0 Å². The van der Waals surface area contributed by atoms with Gasteiger partial charge in [-0.15, -0.1) is 0 Å². The van der Waals surface area contributed by atoms with Crippen LogP contribution >= 0.6 is 0 Å². The summed E-state index contributed by atoms with van der Waals surface area (Å²) in [6.45, 7) is 5.24. The van der Waals surface area contributed by atoms with E-state index in [2.05, 4.69) is 5.32 Å². The normalized spacial score (nSPS) is 17.0. The number of carbonyl (C=O) groups is 3. The van der Waals surface area contributed by atoms with E-state index in [-0.39, 0.29) is 24.9 Å². The van der Waals surface area contributed by atoms with Gasteiger partial charge in [0.25, 0.3) is 0 Å². The predicted octanol–water partition coefficient (Wildman–Crippen LogP) is 1.36. The summed E-state index contributed by atoms with van der Waals surface area (Å²) in [5.41, 5.74) is 0.655. The highest BCUT2D eigenvalue weighted by molar-refractivity contribution is 6.01. The van der Waals surface area contributed by atoms with Crippen molar-refractivity contribution >= 4 is 23.5 Å². The van der Waals surface area contributed by atoms with Gasteiger partial charge in [-0.3, -0.25) is 14.4 Å². The van der Waals surface area contributed by atoms with Crippen LogP contribution in [-0.2, 0) is 14.4 Å². The van der Waals surface area contributed by atoms with Crippen LogP contribution in [0.2, 0.25) is 0 Å². The van der Waals surface area contributed by atoms with Gasteiger partial charge in [0.05, 0.1) is 6.54 Å². The Morgan fingerprint density at radius 3 is 2.50 bits per heavy atom. The molecule has 0 aliphatic carbocycles. The molecule has 6 nitrogen and oxygen atoms in total. The highest BCUT2D eigenvalue weighted by atomic mass is 16.4. The van der Waals surface area contributed by atoms with E-state index < -0.39 is 17.3 Å². The first-order valence-electron chi connectivity index (χ1n) is 7.12. The molecule has 0 bridgehead atoms. The number of aliphatic carboxylic acids is 1. The number of fused-ring (bicyclic) bond motifs is 1. The molecule has 1 atom stereocenters. The molecule has 1 unspecified atom stereocenters. The van der Waals surface area contributed by atoms with Crippen molar-refractivity contribution in [3.05, 3.63) is 29.8 Å². The van der Waals surface area contributed by atoms with Crippen LogP contribution in [0.25, 0.3) is 0 Å². The quantitative estimate of drug-likeness (QED) is 0.883. The third-order valence-electron chi connectivity index (χ3n) is 3.65. The zero-order valence-corrected chi connectivity index (χ0v) is 12.9. The molecule has 1 aliphatic rings. The molecule has 0 fully saturated rings. The lowest BCUT2D eigenvalue weighted by Gasteiger charge is -2.21. The molecule has 0 spiro atoms. The number of carboxylic acids is 1. The standard InChI is InChI=1S/C16H20N2O4/c1-16(2,3)15(22)17-8-13(19)18-9-11(14(20)21)10-6-4-5-7-12(10)18/h4-7,11H,8-9H2,1-3H3,(H,17,22)(H,20,21). The van der Waals surface area contributed by atoms with Crippen LogP contribution < -0.4 is 10.2 Å². The van der Waals surface area contributed by atoms with Gasteiger partial charge in [-0.05, 0) is 11.6 Å². The number of carboxylic acid groups (broad SMARTS) is 1. The van der Waals surface area contributed by atoms with E-state index in [0.29, 0.717) is 11.3 Å². The summed E-state index contributed by atoms with van der Waals surface area (Å²) in [7, 11) is 0. The fourth-order valence-electron chi connectivity index (χ4n) is 2.37. The van der Waals surface area contributed by atoms with Gasteiger partial charge in [-0.25, -0.2) is 0 Å². The third kappa shape index (κ3) is 3.10. The molecular formula is C16H20N2O4. The number of carbonyl (C=O) groups excluding carboxylic acids is 2. The topological polar surface area (TPSA) is 86.7 Å². The summed E-state index contributed by atoms with van der Waals surface area (Å²) in [6, 6.07) is 6.96. The minimum atomic E-state index is -0.957. The summed E-state index contributed by atoms with van der Waals surface area (Å²) in [5.74, 6) is -2.21. The highest BCUT2D eigenvalue weighted by Crippen LogP contribution is 2.36. The van der Waals surface area contributed by atoms with Crippen molar-refractivity contribution in [2.24, 2.45) is 5.41 Å². The second-order valence-corrected chi connectivity index (χ2v) is 6.39. The van der Waals surface area contributed by atoms with Crippen LogP contribution in [0.3, 0.4) is 0 Å². The van der Waals surface area contributed by atoms with E-state index in [4.69, 9.17) is 0 Å². The van der Waals surface area contributed by atoms with Gasteiger partial charge in [0.2, 0.25) is 11.8 Å². The largest absolute Gasteiger partial charge is 0.481 e. The summed E-state index contributed by atoms with van der Waals surface area (Å²) in [4.78, 5) is 36.9. The fourth-order valence-corrected chi connectivity index (χ4v) is 2.37. The van der Waals surface area contributed by atoms with Crippen molar-refractivity contribution in [3.8, 4) is 0 Å². The van der Waals surface area contributed by atoms with Crippen LogP contribution in [0.4, 0.5) is 5.69 Å². The molecule has 1 aliphatic heterocycles. The van der Waals surface area contributed by atoms with Gasteiger partial charge in [-0.2, -0.15) is 0 Å². The number of para-hydroxylation sites is 1. The van der Waals surface area contributed by atoms with Gasteiger partial charge in [-0.1, -0.05) is 39.0 Å². The Balaban J connectivity index is 2.12. The summed E-state index contributed by atoms with van der Waals surface area (Å²) >= 11 is 0. The molecular weight excluding hydrogens is 284 g/mol. The molecule has 0 saturated heterocycles. The number of anilines is 1. The third-order valence-corrected chi connectivity index (χ3v) is 3.65. The number of hydrogen-bond acceptors (Lipinski definition) is 3. The maximum Gasteiger partial charge on any atom is 0.312 e. The van der Waals surface area contributed by atoms with Crippen LogP contribution in [0.15, 0.2) is 24.3 Å². The number of amides is 2. The number of benzene rings is 1. The highest BCUT2D eigenvalue weighted by Gasteiger charge is 2.36. The lowest BCUT2D eigenvalue weighted by atomic mass is 9.96. The van der Waals surface area contributed by atoms with Gasteiger partial charge < -0.3 is 15.3 Å². The number of hydrogen-bond donors (Lipinski definition) is 2. The maximum absolute atomic E-state index is 12.3. The SMILES string of the molecule is CC(C)(C)C(=O)NCC(=O)N1CC(C(=O)O)c2ccccc21. The Morgan fingerprint density at radius 2 is 1.91 bits per heavy atom. The minimum Gasteiger partial charge on any atom is -0.481 e. The van der Waals surface area contributed by atoms with Crippen LogP contribution in [0, 0.1) is 5.41 Å². The van der Waals surface area contributed by atoms with Crippen LogP contribution in [-0.4, -0.2) is 36.0 Å². The second kappa shape index (κ2) is 5.79. The Morgan fingerprint density at radius 1 is 1.27 bits per heavy atom. The van der Waals surface area contributed by atoms with Crippen molar-refractivity contribution in [1.82, 2.24) is 5.32 Å². The second-order valence-electron chi connectivity index (χ2n) is 6.39. The molecule has 0 saturated carbocycles. The molecule has 0 radical (unpaired) electrons. The molecule has 1 aromatic carbocycles. The monoisotopic (exact) mass is 304 g/mol. The summed E-state index contributed by atoms with van der Waals surface area (Å²) in [6.07, 6.45) is 0. The Labute approximate surface area is 129 Å². The zero-order chi connectivity index (χ0) is 16.5. The zero-order valence-electron chi connectivity index (χ0n) is 12.9. The van der Waals surface area contributed by atoms with E-state index in [0.717, 1.165) is 0 Å². The molecule has 1 heterocycles. The van der Waals surface area contributed by atoms with Gasteiger partial charge >= 0.3 is 5.97 Å². The van der Waals surface area contributed by atoms with Crippen LogP contribution in [0.5, 0.6) is 0 Å². The van der Waals surface area contributed by atoms with Crippen molar-refractivity contribution in [1.29, 1.82) is 0 Å². The number of nitrogens with zero attached hydrogens (tertiary/aromatic N) is 1. The number of rotatable bonds is 3. The first kappa shape index (κ1) is 16.0. The van der Waals surface area contributed by atoms with E-state index >= 15 is 0 Å². The molecule has 118 valence electrons. The molecule has 0 aromatic heterocycles. The molecule has 22 heavy (non-hydrogen) atoms. The van der Waals surface area contributed by atoms with Gasteiger partial charge in [0, 0.05) is 17.6 Å². The van der Waals surface area contributed by atoms with Gasteiger partial charge in [0.15, 0.2) is 0 Å². The van der Waals surface area contributed by atoms with Crippen molar-refractivity contribution in [2.45, 2.75) is 26.7 Å². The first-order chi connectivity index (χ1) is 10.2. The van der Waals surface area contributed by atoms with Crippen molar-refractivity contribution < 1.29 is 19.5 Å². The molecule has 2 N–H and O–H groups in total. The number of nitrogens with one attached hydrogen (secondary N) is 1. The molecule has 2 rings (SSSR count). The fraction of sp³-hybridized carbons (Fsp3) is 0.438. The Bertz CT molecular complexity index is 619. The molecule has 1 aromatic rings. The lowest BCUT2D eigenvalue weighted by Crippen LogP contribution is -2.43. The Hall–Kier alpha value is -2.37. The van der Waals surface area contributed by atoms with E-state index in [1.165, 1.54) is 4.90 Å². The first-order valence-corrected chi connectivity index (χ1v) is 7.12. The van der Waals surface area contributed by atoms with E-state index in [1.807, 2.05) is 0 Å². The predicted molar refractivity (Wildman–Crippen MR) is 81.6 cm³/mol.